The second-order valence-corrected chi connectivity index (χ2v) is 6.74. The molecule has 28 heavy (non-hydrogen) atoms. The molecule has 2 aromatic rings. The molecule has 1 atom stereocenters. The minimum absolute atomic E-state index is 0.139. The average molecular weight is 387 g/mol. The minimum Gasteiger partial charge on any atom is -0.451 e. The average Bonchev–Trinajstić information content (AvgIpc) is 2.94. The summed E-state index contributed by atoms with van der Waals surface area (Å²) in [5.74, 6) is -1.31. The van der Waals surface area contributed by atoms with E-state index in [1.165, 1.54) is 4.90 Å². The predicted molar refractivity (Wildman–Crippen MR) is 104 cm³/mol. The summed E-state index contributed by atoms with van der Waals surface area (Å²) >= 11 is 0. The van der Waals surface area contributed by atoms with Crippen LogP contribution in [0, 0.1) is 13.8 Å². The van der Waals surface area contributed by atoms with Gasteiger partial charge in [-0.25, -0.2) is 4.79 Å². The van der Waals surface area contributed by atoms with E-state index in [9.17, 15) is 19.5 Å². The molecule has 0 aliphatic rings. The summed E-state index contributed by atoms with van der Waals surface area (Å²) in [7, 11) is 3.31. The summed E-state index contributed by atoms with van der Waals surface area (Å²) < 4.78 is 5.06. The zero-order valence-electron chi connectivity index (χ0n) is 16.6. The molecule has 0 saturated heterocycles. The van der Waals surface area contributed by atoms with Crippen molar-refractivity contribution in [2.45, 2.75) is 26.9 Å². The number of nitrogens with zero attached hydrogens (tertiary/aromatic N) is 1. The van der Waals surface area contributed by atoms with Crippen molar-refractivity contribution >= 4 is 23.5 Å². The summed E-state index contributed by atoms with van der Waals surface area (Å²) in [6.45, 7) is 4.61. The Bertz CT molecular complexity index is 882. The molecule has 0 bridgehead atoms. The van der Waals surface area contributed by atoms with Gasteiger partial charge in [-0.15, -0.1) is 0 Å². The zero-order chi connectivity index (χ0) is 21.0. The third kappa shape index (κ3) is 4.77. The molecule has 2 rings (SSSR count). The molecule has 3 N–H and O–H groups in total. The molecular weight excluding hydrogens is 362 g/mol. The number of hydrogen-bond donors (Lipinski definition) is 3. The van der Waals surface area contributed by atoms with E-state index in [0.29, 0.717) is 28.1 Å². The number of benzene rings is 1. The van der Waals surface area contributed by atoms with Gasteiger partial charge in [0.2, 0.25) is 0 Å². The second-order valence-electron chi connectivity index (χ2n) is 6.74. The maximum Gasteiger partial charge on any atom is 0.355 e. The summed E-state index contributed by atoms with van der Waals surface area (Å²) in [5.41, 5.74) is 3.12. The van der Waals surface area contributed by atoms with Gasteiger partial charge in [-0.2, -0.15) is 0 Å². The van der Waals surface area contributed by atoms with Gasteiger partial charge in [0.1, 0.15) is 5.69 Å². The van der Waals surface area contributed by atoms with Gasteiger partial charge in [-0.1, -0.05) is 0 Å². The van der Waals surface area contributed by atoms with E-state index >= 15 is 0 Å². The van der Waals surface area contributed by atoms with Crippen molar-refractivity contribution in [1.82, 2.24) is 9.88 Å². The highest BCUT2D eigenvalue weighted by atomic mass is 16.5. The molecule has 0 aliphatic carbocycles. The number of H-pyrrole nitrogens is 1. The smallest absolute Gasteiger partial charge is 0.355 e. The van der Waals surface area contributed by atoms with Crippen LogP contribution in [-0.4, -0.2) is 53.5 Å². The van der Waals surface area contributed by atoms with Crippen LogP contribution in [0.4, 0.5) is 5.69 Å². The zero-order valence-corrected chi connectivity index (χ0v) is 16.6. The number of aromatic amines is 1. The van der Waals surface area contributed by atoms with Crippen molar-refractivity contribution in [2.75, 3.05) is 26.0 Å². The van der Waals surface area contributed by atoms with Crippen molar-refractivity contribution in [3.63, 3.8) is 0 Å². The SMILES string of the molecule is Cc1[nH]c(C(=O)OCC(=O)Nc2ccc(C(=O)N(C)C)cc2)c(C)c1[C@@H](C)O. The molecule has 0 spiro atoms. The van der Waals surface area contributed by atoms with Crippen molar-refractivity contribution in [3.8, 4) is 0 Å². The number of aliphatic hydroxyl groups excluding tert-OH is 1. The van der Waals surface area contributed by atoms with Crippen LogP contribution in [0.15, 0.2) is 24.3 Å². The van der Waals surface area contributed by atoms with Crippen LogP contribution in [0.1, 0.15) is 50.7 Å². The van der Waals surface area contributed by atoms with Crippen LogP contribution in [0.5, 0.6) is 0 Å². The Hall–Kier alpha value is -3.13. The molecule has 1 heterocycles. The lowest BCUT2D eigenvalue weighted by Crippen LogP contribution is -2.22. The van der Waals surface area contributed by atoms with Crippen molar-refractivity contribution in [3.05, 3.63) is 52.3 Å². The molecule has 1 aromatic carbocycles. The van der Waals surface area contributed by atoms with E-state index in [0.717, 1.165) is 0 Å². The number of ether oxygens (including phenoxy) is 1. The lowest BCUT2D eigenvalue weighted by molar-refractivity contribution is -0.119. The van der Waals surface area contributed by atoms with Gasteiger partial charge < -0.3 is 25.0 Å². The predicted octanol–water partition coefficient (Wildman–Crippen LogP) is 2.18. The third-order valence-electron chi connectivity index (χ3n) is 4.27. The van der Waals surface area contributed by atoms with Crippen LogP contribution in [0.3, 0.4) is 0 Å². The second kappa shape index (κ2) is 8.71. The van der Waals surface area contributed by atoms with Gasteiger partial charge in [-0.3, -0.25) is 9.59 Å². The quantitative estimate of drug-likeness (QED) is 0.658. The highest BCUT2D eigenvalue weighted by Gasteiger charge is 2.21. The Labute approximate surface area is 163 Å². The Morgan fingerprint density at radius 1 is 1.18 bits per heavy atom. The number of carbonyl (C=O) groups is 3. The maximum absolute atomic E-state index is 12.2. The molecule has 8 nitrogen and oxygen atoms in total. The first-order valence-electron chi connectivity index (χ1n) is 8.77. The number of carbonyl (C=O) groups excluding carboxylic acids is 3. The van der Waals surface area contributed by atoms with E-state index in [1.54, 1.807) is 59.1 Å². The first kappa shape index (κ1) is 21.2. The van der Waals surface area contributed by atoms with Crippen molar-refractivity contribution in [2.24, 2.45) is 0 Å². The highest BCUT2D eigenvalue weighted by Crippen LogP contribution is 2.24. The molecule has 0 radical (unpaired) electrons. The summed E-state index contributed by atoms with van der Waals surface area (Å²) in [5, 5.41) is 12.4. The normalized spacial score (nSPS) is 11.6. The van der Waals surface area contributed by atoms with Gasteiger partial charge in [0.05, 0.1) is 6.10 Å². The number of hydrogen-bond acceptors (Lipinski definition) is 5. The summed E-state index contributed by atoms with van der Waals surface area (Å²) in [4.78, 5) is 40.5. The molecule has 8 heteroatoms. The first-order chi connectivity index (χ1) is 13.1. The van der Waals surface area contributed by atoms with E-state index < -0.39 is 24.6 Å². The lowest BCUT2D eigenvalue weighted by atomic mass is 10.1. The number of rotatable bonds is 6. The Balaban J connectivity index is 1.95. The topological polar surface area (TPSA) is 112 Å². The lowest BCUT2D eigenvalue weighted by Gasteiger charge is -2.11. The van der Waals surface area contributed by atoms with Crippen LogP contribution in [-0.2, 0) is 9.53 Å². The number of esters is 1. The van der Waals surface area contributed by atoms with Gasteiger partial charge in [0, 0.05) is 36.6 Å². The van der Waals surface area contributed by atoms with E-state index in [2.05, 4.69) is 10.3 Å². The summed E-state index contributed by atoms with van der Waals surface area (Å²) in [6.07, 6.45) is -0.719. The van der Waals surface area contributed by atoms with Crippen LogP contribution < -0.4 is 5.32 Å². The Morgan fingerprint density at radius 3 is 2.29 bits per heavy atom. The summed E-state index contributed by atoms with van der Waals surface area (Å²) in [6, 6.07) is 6.41. The Morgan fingerprint density at radius 2 is 1.79 bits per heavy atom. The van der Waals surface area contributed by atoms with Gasteiger partial charge >= 0.3 is 5.97 Å². The number of nitrogens with one attached hydrogen (secondary N) is 2. The van der Waals surface area contributed by atoms with Gasteiger partial charge in [0.15, 0.2) is 6.61 Å². The van der Waals surface area contributed by atoms with Crippen molar-refractivity contribution in [1.29, 1.82) is 0 Å². The number of amides is 2. The molecular formula is C20H25N3O5. The number of anilines is 1. The number of aliphatic hydroxyl groups is 1. The van der Waals surface area contributed by atoms with E-state index in [4.69, 9.17) is 4.74 Å². The molecule has 0 aliphatic heterocycles. The number of aryl methyl sites for hydroxylation is 1. The first-order valence-corrected chi connectivity index (χ1v) is 8.77. The fraction of sp³-hybridized carbons (Fsp3) is 0.350. The molecule has 0 fully saturated rings. The third-order valence-corrected chi connectivity index (χ3v) is 4.27. The molecule has 1 aromatic heterocycles. The van der Waals surface area contributed by atoms with Crippen LogP contribution in [0.2, 0.25) is 0 Å². The molecule has 150 valence electrons. The Kier molecular flexibility index (Phi) is 6.58. The van der Waals surface area contributed by atoms with Crippen LogP contribution in [0.25, 0.3) is 0 Å². The fourth-order valence-electron chi connectivity index (χ4n) is 2.95. The van der Waals surface area contributed by atoms with Crippen molar-refractivity contribution < 1.29 is 24.2 Å². The minimum atomic E-state index is -0.719. The maximum atomic E-state index is 12.2. The molecule has 0 unspecified atom stereocenters. The molecule has 0 saturated carbocycles. The highest BCUT2D eigenvalue weighted by molar-refractivity contribution is 5.97. The van der Waals surface area contributed by atoms with Crippen LogP contribution >= 0.6 is 0 Å². The van der Waals surface area contributed by atoms with E-state index in [-0.39, 0.29) is 11.6 Å². The van der Waals surface area contributed by atoms with Gasteiger partial charge in [-0.05, 0) is 50.6 Å². The standard InChI is InChI=1S/C20H25N3O5/c1-11-17(13(3)24)12(2)21-18(11)20(27)28-10-16(25)22-15-8-6-14(7-9-15)19(26)23(4)5/h6-9,13,21,24H,10H2,1-5H3,(H,22,25)/t13-/m1/s1. The van der Waals surface area contributed by atoms with E-state index in [1.807, 2.05) is 0 Å². The monoisotopic (exact) mass is 387 g/mol. The van der Waals surface area contributed by atoms with Gasteiger partial charge in [0.25, 0.3) is 11.8 Å². The largest absolute Gasteiger partial charge is 0.451 e. The number of aromatic nitrogens is 1. The fourth-order valence-corrected chi connectivity index (χ4v) is 2.95. The molecule has 2 amide bonds.